The van der Waals surface area contributed by atoms with Crippen LogP contribution in [0.4, 0.5) is 13.2 Å². The second-order valence-electron chi connectivity index (χ2n) is 8.14. The molecule has 0 bridgehead atoms. The first kappa shape index (κ1) is 20.0. The molecule has 1 aliphatic heterocycles. The van der Waals surface area contributed by atoms with Crippen LogP contribution in [0.3, 0.4) is 0 Å². The molecule has 0 N–H and O–H groups in total. The molecule has 0 unspecified atom stereocenters. The molecule has 0 spiro atoms. The maximum absolute atomic E-state index is 13.9. The largest absolute Gasteiger partial charge is 0.413 e. The van der Waals surface area contributed by atoms with Gasteiger partial charge in [-0.3, -0.25) is 9.97 Å². The number of aromatic nitrogens is 2. The zero-order valence-electron chi connectivity index (χ0n) is 15.9. The number of rotatable bonds is 4. The molecular formula is C20H25F3N2OSi. The van der Waals surface area contributed by atoms with Gasteiger partial charge in [0, 0.05) is 25.0 Å². The van der Waals surface area contributed by atoms with Crippen molar-refractivity contribution in [1.29, 1.82) is 0 Å². The lowest BCUT2D eigenvalue weighted by Gasteiger charge is -2.47. The van der Waals surface area contributed by atoms with Crippen molar-refractivity contribution in [2.75, 3.05) is 0 Å². The molecule has 7 heteroatoms. The van der Waals surface area contributed by atoms with Crippen LogP contribution >= 0.6 is 0 Å². The molecule has 0 radical (unpaired) electrons. The lowest BCUT2D eigenvalue weighted by molar-refractivity contribution is -0.198. The second kappa shape index (κ2) is 7.35. The highest BCUT2D eigenvalue weighted by atomic mass is 28.4. The Bertz CT molecular complexity index is 777. The van der Waals surface area contributed by atoms with E-state index in [1.165, 1.54) is 18.6 Å². The molecule has 2 heterocycles. The number of alkyl halides is 3. The molecule has 1 aliphatic rings. The minimum absolute atomic E-state index is 0.293. The predicted molar refractivity (Wildman–Crippen MR) is 101 cm³/mol. The van der Waals surface area contributed by atoms with E-state index in [0.29, 0.717) is 11.7 Å². The molecule has 0 saturated carbocycles. The van der Waals surface area contributed by atoms with Crippen LogP contribution < -0.4 is 5.19 Å². The summed E-state index contributed by atoms with van der Waals surface area (Å²) in [5.74, 6) is 0. The molecule has 1 aromatic heterocycles. The summed E-state index contributed by atoms with van der Waals surface area (Å²) >= 11 is 0. The van der Waals surface area contributed by atoms with Gasteiger partial charge in [-0.2, -0.15) is 13.2 Å². The molecule has 0 amide bonds. The van der Waals surface area contributed by atoms with Crippen LogP contribution in [0.15, 0.2) is 42.9 Å². The van der Waals surface area contributed by atoms with Crippen LogP contribution in [0.25, 0.3) is 0 Å². The summed E-state index contributed by atoms with van der Waals surface area (Å²) in [6.07, 6.45) is -0.666. The van der Waals surface area contributed by atoms with Gasteiger partial charge < -0.3 is 4.43 Å². The van der Waals surface area contributed by atoms with Crippen LogP contribution in [0, 0.1) is 0 Å². The van der Waals surface area contributed by atoms with Crippen LogP contribution in [-0.2, 0) is 17.3 Å². The van der Waals surface area contributed by atoms with Gasteiger partial charge in [0.15, 0.2) is 0 Å². The van der Waals surface area contributed by atoms with Crippen molar-refractivity contribution in [2.24, 2.45) is 0 Å². The smallest absolute Gasteiger partial charge is 0.400 e. The van der Waals surface area contributed by atoms with Gasteiger partial charge in [0.2, 0.25) is 8.32 Å². The van der Waals surface area contributed by atoms with Crippen molar-refractivity contribution in [3.8, 4) is 0 Å². The van der Waals surface area contributed by atoms with Crippen molar-refractivity contribution < 1.29 is 17.6 Å². The number of hydrogen-bond donors (Lipinski definition) is 0. The Morgan fingerprint density at radius 3 is 2.52 bits per heavy atom. The number of hydrogen-bond acceptors (Lipinski definition) is 3. The fourth-order valence-electron chi connectivity index (χ4n) is 3.97. The van der Waals surface area contributed by atoms with Crippen LogP contribution in [0.1, 0.15) is 38.4 Å². The summed E-state index contributed by atoms with van der Waals surface area (Å²) in [4.78, 5) is 7.92. The fraction of sp³-hybridized carbons (Fsp3) is 0.500. The normalized spacial score (nSPS) is 21.6. The van der Waals surface area contributed by atoms with Gasteiger partial charge in [0.1, 0.15) is 6.10 Å². The van der Waals surface area contributed by atoms with E-state index >= 15 is 0 Å². The zero-order chi connectivity index (χ0) is 19.7. The Morgan fingerprint density at radius 2 is 1.89 bits per heavy atom. The first-order chi connectivity index (χ1) is 12.6. The van der Waals surface area contributed by atoms with Gasteiger partial charge in [-0.25, -0.2) is 0 Å². The Balaban J connectivity index is 2.03. The van der Waals surface area contributed by atoms with Crippen molar-refractivity contribution >= 4 is 13.5 Å². The third-order valence-electron chi connectivity index (χ3n) is 5.36. The van der Waals surface area contributed by atoms with Gasteiger partial charge in [-0.1, -0.05) is 45.0 Å². The average Bonchev–Trinajstić information content (AvgIpc) is 2.60. The summed E-state index contributed by atoms with van der Waals surface area (Å²) in [7, 11) is -2.90. The minimum atomic E-state index is -4.46. The Morgan fingerprint density at radius 1 is 1.15 bits per heavy atom. The first-order valence-corrected chi connectivity index (χ1v) is 11.3. The van der Waals surface area contributed by atoms with Gasteiger partial charge >= 0.3 is 6.18 Å². The highest BCUT2D eigenvalue weighted by Gasteiger charge is 2.55. The van der Waals surface area contributed by atoms with Crippen molar-refractivity contribution in [2.45, 2.75) is 63.4 Å². The minimum Gasteiger partial charge on any atom is -0.400 e. The summed E-state index contributed by atoms with van der Waals surface area (Å²) in [5, 5.41) is 0.646. The zero-order valence-corrected chi connectivity index (χ0v) is 16.9. The number of fused-ring (bicyclic) bond motifs is 1. The van der Waals surface area contributed by atoms with Gasteiger partial charge in [0.05, 0.1) is 5.69 Å². The standard InChI is InChI=1S/C20H25F3N2OSi/c1-19(2,3)27(12-6-8-15-7-4-5-9-17(15)27)26-18(20(21,22)23)13-16-14-24-10-11-25-16/h4-5,7,9-11,14,18H,6,8,12-13H2,1-3H3/t18-,27+/m1/s1. The molecule has 27 heavy (non-hydrogen) atoms. The van der Waals surface area contributed by atoms with E-state index in [9.17, 15) is 13.2 Å². The molecule has 0 aliphatic carbocycles. The van der Waals surface area contributed by atoms with Crippen LogP contribution in [-0.4, -0.2) is 30.6 Å². The summed E-state index contributed by atoms with van der Waals surface area (Å²) < 4.78 is 48.0. The summed E-state index contributed by atoms with van der Waals surface area (Å²) in [5.41, 5.74) is 1.42. The van der Waals surface area contributed by atoms with E-state index in [2.05, 4.69) is 9.97 Å². The van der Waals surface area contributed by atoms with Gasteiger partial charge in [0.25, 0.3) is 0 Å². The molecular weight excluding hydrogens is 369 g/mol. The Labute approximate surface area is 159 Å². The highest BCUT2D eigenvalue weighted by molar-refractivity contribution is 6.89. The molecule has 3 rings (SSSR count). The quantitative estimate of drug-likeness (QED) is 0.713. The van der Waals surface area contributed by atoms with Crippen molar-refractivity contribution in [3.63, 3.8) is 0 Å². The van der Waals surface area contributed by atoms with Gasteiger partial charge in [-0.15, -0.1) is 0 Å². The molecule has 146 valence electrons. The fourth-order valence-corrected chi connectivity index (χ4v) is 8.86. The molecule has 2 atom stereocenters. The maximum Gasteiger partial charge on any atom is 0.413 e. The Hall–Kier alpha value is -1.73. The van der Waals surface area contributed by atoms with E-state index in [-0.39, 0.29) is 11.5 Å². The Kier molecular flexibility index (Phi) is 5.45. The third kappa shape index (κ3) is 4.09. The van der Waals surface area contributed by atoms with Gasteiger partial charge in [-0.05, 0) is 34.7 Å². The summed E-state index contributed by atoms with van der Waals surface area (Å²) in [6, 6.07) is 8.55. The van der Waals surface area contributed by atoms with E-state index < -0.39 is 20.6 Å². The van der Waals surface area contributed by atoms with Crippen molar-refractivity contribution in [1.82, 2.24) is 9.97 Å². The van der Waals surface area contributed by atoms with E-state index in [1.807, 2.05) is 45.0 Å². The molecule has 0 fully saturated rings. The van der Waals surface area contributed by atoms with Crippen molar-refractivity contribution in [3.05, 3.63) is 54.1 Å². The van der Waals surface area contributed by atoms with E-state index in [4.69, 9.17) is 4.43 Å². The lowest BCUT2D eigenvalue weighted by Crippen LogP contribution is -2.63. The SMILES string of the molecule is CC(C)(C)[Si@]1(O[C@H](Cc2cnccn2)C(F)(F)F)CCCc2ccccc21. The number of nitrogens with zero attached hydrogens (tertiary/aromatic N) is 2. The van der Waals surface area contributed by atoms with Crippen LogP contribution in [0.5, 0.6) is 0 Å². The van der Waals surface area contributed by atoms with E-state index in [1.54, 1.807) is 0 Å². The average molecular weight is 395 g/mol. The van der Waals surface area contributed by atoms with Crippen LogP contribution in [0.2, 0.25) is 11.1 Å². The number of halogens is 3. The molecule has 1 aromatic carbocycles. The number of benzene rings is 1. The number of aryl methyl sites for hydroxylation is 1. The lowest BCUT2D eigenvalue weighted by atomic mass is 10.1. The maximum atomic E-state index is 13.9. The third-order valence-corrected chi connectivity index (χ3v) is 10.9. The van der Waals surface area contributed by atoms with E-state index in [0.717, 1.165) is 23.6 Å². The topological polar surface area (TPSA) is 35.0 Å². The monoisotopic (exact) mass is 394 g/mol. The first-order valence-electron chi connectivity index (χ1n) is 9.21. The summed E-state index contributed by atoms with van der Waals surface area (Å²) in [6.45, 7) is 6.03. The molecule has 2 aromatic rings. The second-order valence-corrected chi connectivity index (χ2v) is 12.6. The molecule has 3 nitrogen and oxygen atoms in total. The highest BCUT2D eigenvalue weighted by Crippen LogP contribution is 2.45. The molecule has 0 saturated heterocycles. The predicted octanol–water partition coefficient (Wildman–Crippen LogP) is 4.57.